The predicted molar refractivity (Wildman–Crippen MR) is 117 cm³/mol. The first-order valence-corrected chi connectivity index (χ1v) is 10.2. The molecule has 1 fully saturated rings. The number of likely N-dealkylation sites (tertiary alicyclic amines) is 1. The fourth-order valence-electron chi connectivity index (χ4n) is 4.24. The van der Waals surface area contributed by atoms with Crippen LogP contribution in [0.3, 0.4) is 0 Å². The number of methoxy groups -OCH3 is 1. The van der Waals surface area contributed by atoms with Crippen LogP contribution in [0.4, 0.5) is 5.69 Å². The number of nitrogens with two attached hydrogens (primary N) is 1. The van der Waals surface area contributed by atoms with Crippen LogP contribution in [0, 0.1) is 0 Å². The first kappa shape index (κ1) is 19.4. The van der Waals surface area contributed by atoms with Gasteiger partial charge in [0.1, 0.15) is 0 Å². The molecule has 5 heteroatoms. The minimum absolute atomic E-state index is 0.0976. The standard InChI is InChI=1S/C24H27N3O2/c1-29-15-12-19-8-2-3-14-27(19)24(28)18-7-4-6-17(16-18)20-9-5-10-21-22(25)11-13-26-23(20)21/h4-7,9-11,13,16,19H,2-3,8,12,14-15H2,1H3,(H2,25,26)/t19-/m0/s1. The van der Waals surface area contributed by atoms with Crippen molar-refractivity contribution in [2.45, 2.75) is 31.7 Å². The normalized spacial score (nSPS) is 16.9. The van der Waals surface area contributed by atoms with Gasteiger partial charge in [-0.3, -0.25) is 9.78 Å². The second kappa shape index (κ2) is 8.62. The zero-order chi connectivity index (χ0) is 20.2. The summed E-state index contributed by atoms with van der Waals surface area (Å²) < 4.78 is 5.25. The van der Waals surface area contributed by atoms with Crippen molar-refractivity contribution in [3.63, 3.8) is 0 Å². The lowest BCUT2D eigenvalue weighted by atomic mass is 9.96. The summed E-state index contributed by atoms with van der Waals surface area (Å²) in [5.74, 6) is 0.0976. The number of piperidine rings is 1. The Bertz CT molecular complexity index is 1020. The van der Waals surface area contributed by atoms with Crippen LogP contribution >= 0.6 is 0 Å². The maximum Gasteiger partial charge on any atom is 0.254 e. The highest BCUT2D eigenvalue weighted by Crippen LogP contribution is 2.31. The van der Waals surface area contributed by atoms with Crippen molar-refractivity contribution in [3.05, 3.63) is 60.3 Å². The summed E-state index contributed by atoms with van der Waals surface area (Å²) >= 11 is 0. The maximum absolute atomic E-state index is 13.3. The largest absolute Gasteiger partial charge is 0.398 e. The smallest absolute Gasteiger partial charge is 0.254 e. The lowest BCUT2D eigenvalue weighted by Gasteiger charge is -2.36. The van der Waals surface area contributed by atoms with E-state index in [1.165, 1.54) is 6.42 Å². The van der Waals surface area contributed by atoms with Crippen molar-refractivity contribution in [1.29, 1.82) is 0 Å². The highest BCUT2D eigenvalue weighted by Gasteiger charge is 2.27. The number of carbonyl (C=O) groups excluding carboxylic acids is 1. The van der Waals surface area contributed by atoms with Crippen LogP contribution < -0.4 is 5.73 Å². The fourth-order valence-corrected chi connectivity index (χ4v) is 4.24. The number of benzene rings is 2. The number of fused-ring (bicyclic) bond motifs is 1. The van der Waals surface area contributed by atoms with E-state index in [9.17, 15) is 4.79 Å². The number of rotatable bonds is 5. The molecule has 2 N–H and O–H groups in total. The third-order valence-corrected chi connectivity index (χ3v) is 5.77. The average Bonchev–Trinajstić information content (AvgIpc) is 2.77. The molecule has 0 radical (unpaired) electrons. The molecule has 4 rings (SSSR count). The molecule has 0 saturated carbocycles. The molecular formula is C24H27N3O2. The third-order valence-electron chi connectivity index (χ3n) is 5.77. The number of amides is 1. The molecule has 3 aromatic rings. The second-order valence-electron chi connectivity index (χ2n) is 7.61. The van der Waals surface area contributed by atoms with Crippen molar-refractivity contribution in [1.82, 2.24) is 9.88 Å². The summed E-state index contributed by atoms with van der Waals surface area (Å²) in [6, 6.07) is 15.9. The minimum atomic E-state index is 0.0976. The minimum Gasteiger partial charge on any atom is -0.398 e. The highest BCUT2D eigenvalue weighted by molar-refractivity contribution is 6.01. The Morgan fingerprint density at radius 2 is 2.07 bits per heavy atom. The summed E-state index contributed by atoms with van der Waals surface area (Å²) in [6.45, 7) is 1.49. The maximum atomic E-state index is 13.3. The van der Waals surface area contributed by atoms with Gasteiger partial charge in [0.15, 0.2) is 0 Å². The zero-order valence-corrected chi connectivity index (χ0v) is 16.8. The van der Waals surface area contributed by atoms with Gasteiger partial charge >= 0.3 is 0 Å². The number of hydrogen-bond acceptors (Lipinski definition) is 4. The fraction of sp³-hybridized carbons (Fsp3) is 0.333. The molecule has 1 aliphatic rings. The van der Waals surface area contributed by atoms with Gasteiger partial charge in [-0.1, -0.05) is 30.3 Å². The number of carbonyl (C=O) groups is 1. The zero-order valence-electron chi connectivity index (χ0n) is 16.8. The first-order chi connectivity index (χ1) is 14.2. The average molecular weight is 389 g/mol. The Labute approximate surface area is 171 Å². The number of nitrogens with zero attached hydrogens (tertiary/aromatic N) is 2. The molecule has 2 aromatic carbocycles. The van der Waals surface area contributed by atoms with Crippen LogP contribution in [-0.2, 0) is 4.74 Å². The molecule has 1 aliphatic heterocycles. The van der Waals surface area contributed by atoms with E-state index in [0.29, 0.717) is 17.9 Å². The van der Waals surface area contributed by atoms with E-state index >= 15 is 0 Å². The van der Waals surface area contributed by atoms with Crippen molar-refractivity contribution in [3.8, 4) is 11.1 Å². The molecule has 29 heavy (non-hydrogen) atoms. The van der Waals surface area contributed by atoms with Gasteiger partial charge in [-0.25, -0.2) is 0 Å². The molecule has 0 bridgehead atoms. The lowest BCUT2D eigenvalue weighted by molar-refractivity contribution is 0.0553. The molecule has 1 amide bonds. The molecule has 0 spiro atoms. The van der Waals surface area contributed by atoms with E-state index in [1.807, 2.05) is 53.4 Å². The van der Waals surface area contributed by atoms with Crippen molar-refractivity contribution in [2.24, 2.45) is 0 Å². The summed E-state index contributed by atoms with van der Waals surface area (Å²) in [4.78, 5) is 19.9. The van der Waals surface area contributed by atoms with Crippen LogP contribution in [-0.4, -0.2) is 42.1 Å². The van der Waals surface area contributed by atoms with Crippen LogP contribution in [0.1, 0.15) is 36.0 Å². The molecule has 1 saturated heterocycles. The van der Waals surface area contributed by atoms with Gasteiger partial charge in [-0.15, -0.1) is 0 Å². The second-order valence-corrected chi connectivity index (χ2v) is 7.61. The van der Waals surface area contributed by atoms with Crippen molar-refractivity contribution >= 4 is 22.5 Å². The summed E-state index contributed by atoms with van der Waals surface area (Å²) in [5, 5.41) is 0.928. The Hall–Kier alpha value is -2.92. The van der Waals surface area contributed by atoms with E-state index in [1.54, 1.807) is 13.3 Å². The molecule has 0 aliphatic carbocycles. The van der Waals surface area contributed by atoms with E-state index in [-0.39, 0.29) is 11.9 Å². The van der Waals surface area contributed by atoms with Gasteiger partial charge in [0.05, 0.1) is 5.52 Å². The SMILES string of the molecule is COCC[C@@H]1CCCCN1C(=O)c1cccc(-c2cccc3c(N)ccnc23)c1. The monoisotopic (exact) mass is 389 g/mol. The summed E-state index contributed by atoms with van der Waals surface area (Å²) in [5.41, 5.74) is 10.4. The van der Waals surface area contributed by atoms with Crippen LogP contribution in [0.15, 0.2) is 54.7 Å². The number of hydrogen-bond donors (Lipinski definition) is 1. The summed E-state index contributed by atoms with van der Waals surface area (Å²) in [7, 11) is 1.71. The van der Waals surface area contributed by atoms with Crippen LogP contribution in [0.25, 0.3) is 22.0 Å². The van der Waals surface area contributed by atoms with E-state index in [2.05, 4.69) is 4.98 Å². The molecule has 1 atom stereocenters. The molecule has 2 heterocycles. The Morgan fingerprint density at radius 3 is 2.93 bits per heavy atom. The van der Waals surface area contributed by atoms with Gasteiger partial charge in [-0.2, -0.15) is 0 Å². The van der Waals surface area contributed by atoms with Gasteiger partial charge in [0, 0.05) is 54.7 Å². The van der Waals surface area contributed by atoms with Crippen LogP contribution in [0.2, 0.25) is 0 Å². The van der Waals surface area contributed by atoms with E-state index < -0.39 is 0 Å². The number of anilines is 1. The highest BCUT2D eigenvalue weighted by atomic mass is 16.5. The van der Waals surface area contributed by atoms with Gasteiger partial charge in [0.25, 0.3) is 5.91 Å². The van der Waals surface area contributed by atoms with Crippen molar-refractivity contribution in [2.75, 3.05) is 26.0 Å². The predicted octanol–water partition coefficient (Wildman–Crippen LogP) is 4.52. The number of aromatic nitrogens is 1. The molecular weight excluding hydrogens is 362 g/mol. The van der Waals surface area contributed by atoms with Gasteiger partial charge in [0.2, 0.25) is 0 Å². The van der Waals surface area contributed by atoms with Gasteiger partial charge < -0.3 is 15.4 Å². The van der Waals surface area contributed by atoms with Gasteiger partial charge in [-0.05, 0) is 49.4 Å². The Kier molecular flexibility index (Phi) is 5.76. The number of pyridine rings is 1. The van der Waals surface area contributed by atoms with E-state index in [0.717, 1.165) is 47.8 Å². The summed E-state index contributed by atoms with van der Waals surface area (Å²) in [6.07, 6.45) is 5.88. The lowest BCUT2D eigenvalue weighted by Crippen LogP contribution is -2.44. The molecule has 150 valence electrons. The topological polar surface area (TPSA) is 68.5 Å². The van der Waals surface area contributed by atoms with Crippen molar-refractivity contribution < 1.29 is 9.53 Å². The Balaban J connectivity index is 1.67. The van der Waals surface area contributed by atoms with E-state index in [4.69, 9.17) is 10.5 Å². The molecule has 0 unspecified atom stereocenters. The molecule has 5 nitrogen and oxygen atoms in total. The first-order valence-electron chi connectivity index (χ1n) is 10.2. The number of ether oxygens (including phenoxy) is 1. The third kappa shape index (κ3) is 3.96. The quantitative estimate of drug-likeness (QED) is 0.697. The molecule has 1 aromatic heterocycles. The Morgan fingerprint density at radius 1 is 1.21 bits per heavy atom. The van der Waals surface area contributed by atoms with Crippen LogP contribution in [0.5, 0.6) is 0 Å². The number of para-hydroxylation sites is 1. The number of nitrogen functional groups attached to an aromatic ring is 1.